The predicted molar refractivity (Wildman–Crippen MR) is 59.1 cm³/mol. The summed E-state index contributed by atoms with van der Waals surface area (Å²) in [6, 6.07) is 5.94. The van der Waals surface area contributed by atoms with E-state index in [0.29, 0.717) is 0 Å². The molecule has 6 heteroatoms. The highest BCUT2D eigenvalue weighted by molar-refractivity contribution is 6.24. The van der Waals surface area contributed by atoms with Crippen molar-refractivity contribution >= 4 is 5.71 Å². The van der Waals surface area contributed by atoms with Crippen molar-refractivity contribution in [2.45, 2.75) is 0 Å². The Morgan fingerprint density at radius 2 is 1.26 bits per heavy atom. The number of fused-ring (bicyclic) bond motifs is 3. The van der Waals surface area contributed by atoms with Crippen LogP contribution in [0, 0.1) is 23.3 Å². The molecule has 2 aromatic rings. The van der Waals surface area contributed by atoms with Gasteiger partial charge in [0.2, 0.25) is 0 Å². The monoisotopic (exact) mass is 267 g/mol. The van der Waals surface area contributed by atoms with Crippen LogP contribution in [-0.2, 0) is 0 Å². The standard InChI is InChI=1S/C13H5F4NO/c14-9-7-5-3-1-2-4-6(5)13(18-19)8(7)10(15)12(17)11(9)16/h1-4,19H/b18-13-. The second kappa shape index (κ2) is 3.81. The molecule has 3 rings (SSSR count). The molecule has 0 saturated heterocycles. The number of oxime groups is 1. The normalized spacial score (nSPS) is 14.6. The zero-order valence-corrected chi connectivity index (χ0v) is 9.22. The first-order chi connectivity index (χ1) is 9.07. The number of hydrogen-bond acceptors (Lipinski definition) is 2. The Morgan fingerprint density at radius 1 is 0.737 bits per heavy atom. The summed E-state index contributed by atoms with van der Waals surface area (Å²) in [5, 5.41) is 11.8. The van der Waals surface area contributed by atoms with E-state index in [1.165, 1.54) is 18.2 Å². The van der Waals surface area contributed by atoms with Crippen LogP contribution < -0.4 is 0 Å². The molecule has 0 fully saturated rings. The molecule has 0 atom stereocenters. The second-order valence-electron chi connectivity index (χ2n) is 4.00. The Balaban J connectivity index is 2.53. The van der Waals surface area contributed by atoms with Crippen LogP contribution >= 0.6 is 0 Å². The lowest BCUT2D eigenvalue weighted by molar-refractivity contribution is 0.319. The van der Waals surface area contributed by atoms with Gasteiger partial charge in [-0.25, -0.2) is 17.6 Å². The minimum absolute atomic E-state index is 0.153. The van der Waals surface area contributed by atoms with E-state index in [9.17, 15) is 17.6 Å². The van der Waals surface area contributed by atoms with Crippen LogP contribution in [0.1, 0.15) is 11.1 Å². The Labute approximate surface area is 104 Å². The molecule has 0 amide bonds. The molecule has 0 saturated carbocycles. The number of nitrogens with zero attached hydrogens (tertiary/aromatic N) is 1. The molecule has 96 valence electrons. The SMILES string of the molecule is O/N=C1/c2ccccc2-c2c(F)c(F)c(F)c(F)c21. The Morgan fingerprint density at radius 3 is 1.84 bits per heavy atom. The van der Waals surface area contributed by atoms with Gasteiger partial charge in [0.1, 0.15) is 5.71 Å². The zero-order chi connectivity index (χ0) is 13.7. The molecule has 0 unspecified atom stereocenters. The number of rotatable bonds is 0. The Bertz CT molecular complexity index is 740. The molecule has 0 spiro atoms. The molecule has 2 aromatic carbocycles. The summed E-state index contributed by atoms with van der Waals surface area (Å²) >= 11 is 0. The van der Waals surface area contributed by atoms with Crippen LogP contribution in [0.15, 0.2) is 29.4 Å². The third-order valence-corrected chi connectivity index (χ3v) is 3.06. The van der Waals surface area contributed by atoms with Crippen LogP contribution in [0.4, 0.5) is 17.6 Å². The first-order valence-electron chi connectivity index (χ1n) is 5.26. The molecule has 0 bridgehead atoms. The van der Waals surface area contributed by atoms with Gasteiger partial charge >= 0.3 is 0 Å². The van der Waals surface area contributed by atoms with Gasteiger partial charge in [-0.2, -0.15) is 0 Å². The highest BCUT2D eigenvalue weighted by Crippen LogP contribution is 2.41. The van der Waals surface area contributed by atoms with Crippen molar-refractivity contribution in [3.05, 3.63) is 58.7 Å². The minimum atomic E-state index is -1.93. The fraction of sp³-hybridized carbons (Fsp3) is 0. The molecule has 0 heterocycles. The van der Waals surface area contributed by atoms with Crippen molar-refractivity contribution in [2.24, 2.45) is 5.16 Å². The summed E-state index contributed by atoms with van der Waals surface area (Å²) in [5.74, 6) is -6.88. The summed E-state index contributed by atoms with van der Waals surface area (Å²) in [7, 11) is 0. The van der Waals surface area contributed by atoms with Crippen LogP contribution in [-0.4, -0.2) is 10.9 Å². The van der Waals surface area contributed by atoms with Gasteiger partial charge in [0.25, 0.3) is 0 Å². The van der Waals surface area contributed by atoms with Crippen LogP contribution in [0.25, 0.3) is 11.1 Å². The summed E-state index contributed by atoms with van der Waals surface area (Å²) in [6.07, 6.45) is 0. The van der Waals surface area contributed by atoms with E-state index in [1.54, 1.807) is 6.07 Å². The van der Waals surface area contributed by atoms with E-state index in [0.717, 1.165) is 0 Å². The molecule has 0 aliphatic heterocycles. The van der Waals surface area contributed by atoms with E-state index in [-0.39, 0.29) is 16.8 Å². The van der Waals surface area contributed by atoms with Crippen LogP contribution in [0.2, 0.25) is 0 Å². The van der Waals surface area contributed by atoms with Gasteiger partial charge < -0.3 is 5.21 Å². The molecule has 2 nitrogen and oxygen atoms in total. The van der Waals surface area contributed by atoms with Gasteiger partial charge in [0, 0.05) is 11.1 Å². The van der Waals surface area contributed by atoms with Gasteiger partial charge in [0.05, 0.1) is 5.56 Å². The van der Waals surface area contributed by atoms with Gasteiger partial charge in [-0.15, -0.1) is 0 Å². The molecular formula is C13H5F4NO. The van der Waals surface area contributed by atoms with Crippen LogP contribution in [0.3, 0.4) is 0 Å². The van der Waals surface area contributed by atoms with Crippen molar-refractivity contribution in [3.8, 4) is 11.1 Å². The maximum Gasteiger partial charge on any atom is 0.198 e. The van der Waals surface area contributed by atoms with Crippen molar-refractivity contribution in [1.82, 2.24) is 0 Å². The third kappa shape index (κ3) is 1.34. The average Bonchev–Trinajstić information content (AvgIpc) is 2.77. The maximum atomic E-state index is 13.8. The largest absolute Gasteiger partial charge is 0.410 e. The molecular weight excluding hydrogens is 262 g/mol. The lowest BCUT2D eigenvalue weighted by atomic mass is 10.0. The van der Waals surface area contributed by atoms with Gasteiger partial charge in [-0.05, 0) is 5.56 Å². The molecule has 1 aliphatic carbocycles. The summed E-state index contributed by atoms with van der Waals surface area (Å²) in [5.41, 5.74) is -0.954. The lowest BCUT2D eigenvalue weighted by Gasteiger charge is -2.06. The first kappa shape index (κ1) is 11.7. The van der Waals surface area contributed by atoms with E-state index >= 15 is 0 Å². The Hall–Kier alpha value is -2.37. The van der Waals surface area contributed by atoms with E-state index in [1.807, 2.05) is 0 Å². The third-order valence-electron chi connectivity index (χ3n) is 3.06. The fourth-order valence-corrected chi connectivity index (χ4v) is 2.25. The molecule has 0 aromatic heterocycles. The van der Waals surface area contributed by atoms with Crippen molar-refractivity contribution in [1.29, 1.82) is 0 Å². The predicted octanol–water partition coefficient (Wildman–Crippen LogP) is 3.45. The number of hydrogen-bond donors (Lipinski definition) is 1. The lowest BCUT2D eigenvalue weighted by Crippen LogP contribution is -2.07. The molecule has 19 heavy (non-hydrogen) atoms. The quantitative estimate of drug-likeness (QED) is 0.218. The maximum absolute atomic E-state index is 13.8. The molecule has 1 N–H and O–H groups in total. The summed E-state index contributed by atoms with van der Waals surface area (Å²) < 4.78 is 54.1. The van der Waals surface area contributed by atoms with Crippen molar-refractivity contribution in [2.75, 3.05) is 0 Å². The summed E-state index contributed by atoms with van der Waals surface area (Å²) in [4.78, 5) is 0. The second-order valence-corrected chi connectivity index (χ2v) is 4.00. The average molecular weight is 267 g/mol. The van der Waals surface area contributed by atoms with Crippen molar-refractivity contribution < 1.29 is 22.8 Å². The number of benzene rings is 2. The highest BCUT2D eigenvalue weighted by Gasteiger charge is 2.35. The van der Waals surface area contributed by atoms with Gasteiger partial charge in [0.15, 0.2) is 23.3 Å². The molecule has 0 radical (unpaired) electrons. The summed E-state index contributed by atoms with van der Waals surface area (Å²) in [6.45, 7) is 0. The fourth-order valence-electron chi connectivity index (χ4n) is 2.25. The topological polar surface area (TPSA) is 32.6 Å². The van der Waals surface area contributed by atoms with Crippen LogP contribution in [0.5, 0.6) is 0 Å². The van der Waals surface area contributed by atoms with Gasteiger partial charge in [-0.1, -0.05) is 29.4 Å². The van der Waals surface area contributed by atoms with Crippen molar-refractivity contribution in [3.63, 3.8) is 0 Å². The Kier molecular flexibility index (Phi) is 2.35. The van der Waals surface area contributed by atoms with E-state index < -0.39 is 34.4 Å². The van der Waals surface area contributed by atoms with Gasteiger partial charge in [-0.3, -0.25) is 0 Å². The number of halogens is 4. The highest BCUT2D eigenvalue weighted by atomic mass is 19.2. The van der Waals surface area contributed by atoms with E-state index in [4.69, 9.17) is 5.21 Å². The zero-order valence-electron chi connectivity index (χ0n) is 9.22. The minimum Gasteiger partial charge on any atom is -0.410 e. The first-order valence-corrected chi connectivity index (χ1v) is 5.26. The smallest absolute Gasteiger partial charge is 0.198 e. The molecule has 1 aliphatic rings. The van der Waals surface area contributed by atoms with E-state index in [2.05, 4.69) is 5.16 Å².